The Morgan fingerprint density at radius 2 is 2.00 bits per heavy atom. The van der Waals surface area contributed by atoms with Crippen molar-refractivity contribution < 1.29 is 4.79 Å². The zero-order valence-electron chi connectivity index (χ0n) is 11.6. The number of amides is 1. The van der Waals surface area contributed by atoms with E-state index >= 15 is 0 Å². The normalized spacial score (nSPS) is 10.7. The molecule has 0 aromatic heterocycles. The molecule has 100 valence electrons. The van der Waals surface area contributed by atoms with Crippen LogP contribution in [-0.2, 0) is 11.2 Å². The first kappa shape index (κ1) is 14.7. The molecule has 1 aromatic carbocycles. The molecule has 0 aliphatic carbocycles. The van der Waals surface area contributed by atoms with Gasteiger partial charge < -0.3 is 10.6 Å². The van der Waals surface area contributed by atoms with Gasteiger partial charge in [-0.3, -0.25) is 4.79 Å². The molecule has 0 aliphatic heterocycles. The molecule has 0 spiro atoms. The van der Waals surface area contributed by atoms with Crippen LogP contribution >= 0.6 is 0 Å². The summed E-state index contributed by atoms with van der Waals surface area (Å²) in [5.41, 5.74) is 8.04. The van der Waals surface area contributed by atoms with Crippen LogP contribution in [0.2, 0.25) is 0 Å². The maximum Gasteiger partial charge on any atom is 0.223 e. The Kier molecular flexibility index (Phi) is 5.86. The monoisotopic (exact) mass is 248 g/mol. The quantitative estimate of drug-likeness (QED) is 0.838. The van der Waals surface area contributed by atoms with Gasteiger partial charge in [-0.25, -0.2) is 0 Å². The van der Waals surface area contributed by atoms with Crippen molar-refractivity contribution in [2.45, 2.75) is 39.7 Å². The number of aryl methyl sites for hydroxylation is 2. The van der Waals surface area contributed by atoms with Gasteiger partial charge in [-0.15, -0.1) is 0 Å². The van der Waals surface area contributed by atoms with Gasteiger partial charge in [0.05, 0.1) is 0 Å². The molecule has 0 fully saturated rings. The topological polar surface area (TPSA) is 46.3 Å². The lowest BCUT2D eigenvalue weighted by Gasteiger charge is -2.26. The van der Waals surface area contributed by atoms with Crippen molar-refractivity contribution in [1.29, 1.82) is 0 Å². The predicted molar refractivity (Wildman–Crippen MR) is 75.4 cm³/mol. The smallest absolute Gasteiger partial charge is 0.223 e. The molecule has 0 aliphatic rings. The van der Waals surface area contributed by atoms with Crippen molar-refractivity contribution in [2.75, 3.05) is 13.1 Å². The van der Waals surface area contributed by atoms with Crippen LogP contribution in [0.1, 0.15) is 31.4 Å². The summed E-state index contributed by atoms with van der Waals surface area (Å²) in [6.07, 6.45) is 1.36. The molecule has 3 nitrogen and oxygen atoms in total. The van der Waals surface area contributed by atoms with Crippen LogP contribution in [-0.4, -0.2) is 29.9 Å². The number of rotatable bonds is 6. The molecular formula is C15H24N2O. The van der Waals surface area contributed by atoms with Crippen LogP contribution in [0.15, 0.2) is 24.3 Å². The molecule has 1 amide bonds. The minimum Gasteiger partial charge on any atom is -0.339 e. The molecule has 0 bridgehead atoms. The Bertz CT molecular complexity index is 388. The molecule has 0 saturated carbocycles. The predicted octanol–water partition coefficient (Wildman–Crippen LogP) is 2.12. The molecule has 0 unspecified atom stereocenters. The summed E-state index contributed by atoms with van der Waals surface area (Å²) in [5, 5.41) is 0. The fraction of sp³-hybridized carbons (Fsp3) is 0.533. The van der Waals surface area contributed by atoms with Crippen molar-refractivity contribution in [3.63, 3.8) is 0 Å². The van der Waals surface area contributed by atoms with E-state index in [4.69, 9.17) is 5.73 Å². The number of hydrogen-bond acceptors (Lipinski definition) is 2. The second kappa shape index (κ2) is 7.17. The summed E-state index contributed by atoms with van der Waals surface area (Å²) in [4.78, 5) is 14.0. The van der Waals surface area contributed by atoms with Gasteiger partial charge in [-0.2, -0.15) is 0 Å². The third kappa shape index (κ3) is 4.15. The Morgan fingerprint density at radius 3 is 2.56 bits per heavy atom. The molecular weight excluding hydrogens is 224 g/mol. The molecule has 2 N–H and O–H groups in total. The first-order valence-electron chi connectivity index (χ1n) is 6.60. The van der Waals surface area contributed by atoms with Crippen LogP contribution in [0.5, 0.6) is 0 Å². The maximum atomic E-state index is 12.1. The molecule has 1 aromatic rings. The highest BCUT2D eigenvalue weighted by atomic mass is 16.2. The van der Waals surface area contributed by atoms with Gasteiger partial charge in [-0.1, -0.05) is 24.3 Å². The highest BCUT2D eigenvalue weighted by molar-refractivity contribution is 5.76. The molecule has 0 heterocycles. The molecule has 1 rings (SSSR count). The van der Waals surface area contributed by atoms with Crippen molar-refractivity contribution in [1.82, 2.24) is 4.90 Å². The zero-order chi connectivity index (χ0) is 13.5. The fourth-order valence-corrected chi connectivity index (χ4v) is 2.09. The molecule has 0 radical (unpaired) electrons. The summed E-state index contributed by atoms with van der Waals surface area (Å²) >= 11 is 0. The van der Waals surface area contributed by atoms with Gasteiger partial charge in [0, 0.05) is 25.6 Å². The highest BCUT2D eigenvalue weighted by Gasteiger charge is 2.15. The van der Waals surface area contributed by atoms with E-state index in [1.165, 1.54) is 11.1 Å². The Balaban J connectivity index is 2.57. The maximum absolute atomic E-state index is 12.1. The number of carbonyl (C=O) groups is 1. The van der Waals surface area contributed by atoms with Gasteiger partial charge in [0.2, 0.25) is 5.91 Å². The second-order valence-corrected chi connectivity index (χ2v) is 4.90. The number of carbonyl (C=O) groups excluding carboxylic acids is 1. The van der Waals surface area contributed by atoms with Crippen LogP contribution in [0.4, 0.5) is 0 Å². The lowest BCUT2D eigenvalue weighted by atomic mass is 10.0. The third-order valence-electron chi connectivity index (χ3n) is 3.18. The average Bonchev–Trinajstić information content (AvgIpc) is 2.34. The minimum atomic E-state index is 0.193. The van der Waals surface area contributed by atoms with Crippen LogP contribution in [0, 0.1) is 6.92 Å². The highest BCUT2D eigenvalue weighted by Crippen LogP contribution is 2.11. The standard InChI is InChI=1S/C15H24N2O/c1-12(2)17(11-10-16)15(18)9-8-14-7-5-4-6-13(14)3/h4-7,12H,8-11,16H2,1-3H3. The zero-order valence-corrected chi connectivity index (χ0v) is 11.6. The summed E-state index contributed by atoms with van der Waals surface area (Å²) in [7, 11) is 0. The first-order valence-corrected chi connectivity index (χ1v) is 6.60. The van der Waals surface area contributed by atoms with E-state index in [-0.39, 0.29) is 11.9 Å². The van der Waals surface area contributed by atoms with Crippen molar-refractivity contribution >= 4 is 5.91 Å². The van der Waals surface area contributed by atoms with E-state index in [2.05, 4.69) is 19.1 Å². The van der Waals surface area contributed by atoms with Crippen molar-refractivity contribution in [2.24, 2.45) is 5.73 Å². The van der Waals surface area contributed by atoms with Crippen molar-refractivity contribution in [3.8, 4) is 0 Å². The molecule has 18 heavy (non-hydrogen) atoms. The molecule has 0 saturated heterocycles. The van der Waals surface area contributed by atoms with Gasteiger partial charge in [0.15, 0.2) is 0 Å². The SMILES string of the molecule is Cc1ccccc1CCC(=O)N(CCN)C(C)C. The Morgan fingerprint density at radius 1 is 1.33 bits per heavy atom. The number of hydrogen-bond donors (Lipinski definition) is 1. The number of nitrogens with zero attached hydrogens (tertiary/aromatic N) is 1. The van der Waals surface area contributed by atoms with Crippen LogP contribution < -0.4 is 5.73 Å². The largest absolute Gasteiger partial charge is 0.339 e. The Hall–Kier alpha value is -1.35. The molecule has 3 heteroatoms. The van der Waals surface area contributed by atoms with E-state index in [1.54, 1.807) is 0 Å². The van der Waals surface area contributed by atoms with Gasteiger partial charge in [0.1, 0.15) is 0 Å². The third-order valence-corrected chi connectivity index (χ3v) is 3.18. The molecule has 0 atom stereocenters. The van der Waals surface area contributed by atoms with Crippen molar-refractivity contribution in [3.05, 3.63) is 35.4 Å². The lowest BCUT2D eigenvalue weighted by Crippen LogP contribution is -2.40. The van der Waals surface area contributed by atoms with Gasteiger partial charge in [0.25, 0.3) is 0 Å². The number of nitrogens with two attached hydrogens (primary N) is 1. The summed E-state index contributed by atoms with van der Waals surface area (Å²) in [5.74, 6) is 0.193. The number of benzene rings is 1. The van der Waals surface area contributed by atoms with Gasteiger partial charge >= 0.3 is 0 Å². The van der Waals surface area contributed by atoms with Crippen LogP contribution in [0.3, 0.4) is 0 Å². The minimum absolute atomic E-state index is 0.193. The van der Waals surface area contributed by atoms with E-state index in [0.717, 1.165) is 6.42 Å². The summed E-state index contributed by atoms with van der Waals surface area (Å²) in [6, 6.07) is 8.44. The van der Waals surface area contributed by atoms with Gasteiger partial charge in [-0.05, 0) is 38.3 Å². The summed E-state index contributed by atoms with van der Waals surface area (Å²) in [6.45, 7) is 7.31. The fourth-order valence-electron chi connectivity index (χ4n) is 2.09. The van der Waals surface area contributed by atoms with E-state index in [9.17, 15) is 4.79 Å². The van der Waals surface area contributed by atoms with Crippen LogP contribution in [0.25, 0.3) is 0 Å². The summed E-state index contributed by atoms with van der Waals surface area (Å²) < 4.78 is 0. The lowest BCUT2D eigenvalue weighted by molar-refractivity contribution is -0.132. The second-order valence-electron chi connectivity index (χ2n) is 4.90. The van der Waals surface area contributed by atoms with E-state index in [0.29, 0.717) is 19.5 Å². The first-order chi connectivity index (χ1) is 8.56. The average molecular weight is 248 g/mol. The van der Waals surface area contributed by atoms with E-state index < -0.39 is 0 Å². The van der Waals surface area contributed by atoms with E-state index in [1.807, 2.05) is 30.9 Å². The Labute approximate surface area is 110 Å².